The molecule has 24 heavy (non-hydrogen) atoms. The van der Waals surface area contributed by atoms with Crippen molar-refractivity contribution in [2.45, 2.75) is 6.54 Å². The Kier molecular flexibility index (Phi) is 3.80. The van der Waals surface area contributed by atoms with Gasteiger partial charge in [-0.05, 0) is 35.2 Å². The van der Waals surface area contributed by atoms with Crippen LogP contribution in [-0.4, -0.2) is 20.3 Å². The molecule has 0 aromatic carbocycles. The van der Waals surface area contributed by atoms with Gasteiger partial charge in [0.2, 0.25) is 0 Å². The molecule has 4 aromatic heterocycles. The minimum Gasteiger partial charge on any atom is -0.346 e. The maximum Gasteiger partial charge on any atom is 0.272 e. The Morgan fingerprint density at radius 3 is 2.96 bits per heavy atom. The van der Waals surface area contributed by atoms with Crippen LogP contribution >= 0.6 is 11.3 Å². The first-order valence-corrected chi connectivity index (χ1v) is 8.44. The highest BCUT2D eigenvalue weighted by Crippen LogP contribution is 2.27. The molecule has 5 nitrogen and oxygen atoms in total. The van der Waals surface area contributed by atoms with Crippen LogP contribution in [-0.2, 0) is 6.54 Å². The monoisotopic (exact) mass is 334 g/mol. The van der Waals surface area contributed by atoms with Gasteiger partial charge in [-0.3, -0.25) is 14.2 Å². The number of nitrogens with one attached hydrogen (secondary N) is 1. The molecule has 118 valence electrons. The predicted octanol–water partition coefficient (Wildman–Crippen LogP) is 3.39. The van der Waals surface area contributed by atoms with Gasteiger partial charge in [0, 0.05) is 36.1 Å². The fraction of sp³-hybridized carbons (Fsp3) is 0.0556. The largest absolute Gasteiger partial charge is 0.346 e. The number of carbonyl (C=O) groups excluding carboxylic acids is 1. The van der Waals surface area contributed by atoms with Gasteiger partial charge in [-0.2, -0.15) is 11.3 Å². The second-order valence-corrected chi connectivity index (χ2v) is 6.07. The molecule has 0 bridgehead atoms. The van der Waals surface area contributed by atoms with E-state index in [0.29, 0.717) is 12.2 Å². The summed E-state index contributed by atoms with van der Waals surface area (Å²) in [6.45, 7) is 0.420. The van der Waals surface area contributed by atoms with E-state index in [1.807, 2.05) is 57.8 Å². The van der Waals surface area contributed by atoms with E-state index in [1.165, 1.54) is 0 Å². The van der Waals surface area contributed by atoms with Crippen LogP contribution in [0.15, 0.2) is 65.7 Å². The number of aromatic nitrogens is 3. The molecule has 1 N–H and O–H groups in total. The Morgan fingerprint density at radius 1 is 1.21 bits per heavy atom. The lowest BCUT2D eigenvalue weighted by Gasteiger charge is -2.05. The van der Waals surface area contributed by atoms with Crippen molar-refractivity contribution in [2.75, 3.05) is 0 Å². The number of rotatable bonds is 4. The van der Waals surface area contributed by atoms with E-state index in [4.69, 9.17) is 0 Å². The maximum absolute atomic E-state index is 12.7. The molecular formula is C18H14N4OS. The molecule has 4 aromatic rings. The minimum absolute atomic E-state index is 0.191. The molecule has 6 heteroatoms. The van der Waals surface area contributed by atoms with Crippen LogP contribution in [0.25, 0.3) is 16.9 Å². The lowest BCUT2D eigenvalue weighted by Crippen LogP contribution is -2.23. The molecule has 4 heterocycles. The maximum atomic E-state index is 12.7. The number of pyridine rings is 2. The van der Waals surface area contributed by atoms with Gasteiger partial charge in [0.05, 0.1) is 5.69 Å². The highest BCUT2D eigenvalue weighted by atomic mass is 32.1. The summed E-state index contributed by atoms with van der Waals surface area (Å²) >= 11 is 1.60. The van der Waals surface area contributed by atoms with Gasteiger partial charge in [0.25, 0.3) is 5.91 Å². The van der Waals surface area contributed by atoms with Gasteiger partial charge in [-0.25, -0.2) is 4.98 Å². The molecule has 1 amide bonds. The Balaban J connectivity index is 1.70. The third kappa shape index (κ3) is 2.68. The number of nitrogens with zero attached hydrogens (tertiary/aromatic N) is 3. The van der Waals surface area contributed by atoms with Crippen molar-refractivity contribution in [3.63, 3.8) is 0 Å². The zero-order chi connectivity index (χ0) is 16.4. The summed E-state index contributed by atoms with van der Waals surface area (Å²) in [5.74, 6) is -0.191. The summed E-state index contributed by atoms with van der Waals surface area (Å²) in [5.41, 5.74) is 3.95. The van der Waals surface area contributed by atoms with Gasteiger partial charge in [0.15, 0.2) is 5.69 Å². The van der Waals surface area contributed by atoms with E-state index in [0.717, 1.165) is 22.5 Å². The summed E-state index contributed by atoms with van der Waals surface area (Å²) in [7, 11) is 0. The zero-order valence-electron chi connectivity index (χ0n) is 12.7. The van der Waals surface area contributed by atoms with Crippen molar-refractivity contribution in [2.24, 2.45) is 0 Å². The van der Waals surface area contributed by atoms with E-state index in [1.54, 1.807) is 23.7 Å². The first kappa shape index (κ1) is 14.6. The molecule has 0 saturated carbocycles. The number of hydrogen-bond acceptors (Lipinski definition) is 4. The van der Waals surface area contributed by atoms with Crippen LogP contribution in [0.1, 0.15) is 16.1 Å². The van der Waals surface area contributed by atoms with Crippen LogP contribution in [0, 0.1) is 0 Å². The number of carbonyl (C=O) groups is 1. The molecule has 0 aliphatic rings. The third-order valence-corrected chi connectivity index (χ3v) is 4.40. The molecular weight excluding hydrogens is 320 g/mol. The highest BCUT2D eigenvalue weighted by molar-refractivity contribution is 7.08. The molecule has 0 spiro atoms. The van der Waals surface area contributed by atoms with E-state index < -0.39 is 0 Å². The minimum atomic E-state index is -0.191. The van der Waals surface area contributed by atoms with Crippen LogP contribution < -0.4 is 5.32 Å². The predicted molar refractivity (Wildman–Crippen MR) is 93.9 cm³/mol. The van der Waals surface area contributed by atoms with Crippen molar-refractivity contribution in [1.82, 2.24) is 19.7 Å². The normalized spacial score (nSPS) is 10.8. The number of amides is 1. The lowest BCUT2D eigenvalue weighted by atomic mass is 10.2. The van der Waals surface area contributed by atoms with Crippen molar-refractivity contribution < 1.29 is 4.79 Å². The summed E-state index contributed by atoms with van der Waals surface area (Å²) in [4.78, 5) is 21.3. The van der Waals surface area contributed by atoms with Crippen molar-refractivity contribution in [1.29, 1.82) is 0 Å². The summed E-state index contributed by atoms with van der Waals surface area (Å²) < 4.78 is 1.95. The first-order valence-electron chi connectivity index (χ1n) is 7.50. The van der Waals surface area contributed by atoms with Crippen molar-refractivity contribution in [3.8, 4) is 11.3 Å². The fourth-order valence-electron chi connectivity index (χ4n) is 2.60. The number of thiophene rings is 1. The molecule has 0 fully saturated rings. The standard InChI is InChI=1S/C18H14N4OS/c23-18(20-11-13-4-3-7-19-10-13)16-17(14-6-9-24-12-14)22-8-2-1-5-15(22)21-16/h1-10,12H,11H2,(H,20,23). The van der Waals surface area contributed by atoms with Gasteiger partial charge in [0.1, 0.15) is 5.65 Å². The highest BCUT2D eigenvalue weighted by Gasteiger charge is 2.20. The van der Waals surface area contributed by atoms with Crippen LogP contribution in [0.4, 0.5) is 0 Å². The van der Waals surface area contributed by atoms with Gasteiger partial charge in [-0.15, -0.1) is 0 Å². The van der Waals surface area contributed by atoms with Crippen molar-refractivity contribution >= 4 is 22.9 Å². The molecule has 0 unspecified atom stereocenters. The first-order chi connectivity index (χ1) is 11.8. The second-order valence-electron chi connectivity index (χ2n) is 5.29. The topological polar surface area (TPSA) is 59.3 Å². The molecule has 0 saturated heterocycles. The molecule has 0 aliphatic heterocycles. The molecule has 0 radical (unpaired) electrons. The van der Waals surface area contributed by atoms with E-state index >= 15 is 0 Å². The quantitative estimate of drug-likeness (QED) is 0.622. The molecule has 0 aliphatic carbocycles. The smallest absolute Gasteiger partial charge is 0.272 e. The fourth-order valence-corrected chi connectivity index (χ4v) is 3.24. The van der Waals surface area contributed by atoms with E-state index in [-0.39, 0.29) is 5.91 Å². The number of imidazole rings is 1. The Hall–Kier alpha value is -2.99. The van der Waals surface area contributed by atoms with Crippen LogP contribution in [0.3, 0.4) is 0 Å². The average Bonchev–Trinajstić information content (AvgIpc) is 3.27. The van der Waals surface area contributed by atoms with Crippen LogP contribution in [0.5, 0.6) is 0 Å². The van der Waals surface area contributed by atoms with Crippen molar-refractivity contribution in [3.05, 3.63) is 77.0 Å². The Morgan fingerprint density at radius 2 is 2.17 bits per heavy atom. The number of hydrogen-bond donors (Lipinski definition) is 1. The summed E-state index contributed by atoms with van der Waals surface area (Å²) in [6.07, 6.45) is 5.37. The lowest BCUT2D eigenvalue weighted by molar-refractivity contribution is 0.0947. The van der Waals surface area contributed by atoms with E-state index in [2.05, 4.69) is 15.3 Å². The molecule has 0 atom stereocenters. The zero-order valence-corrected chi connectivity index (χ0v) is 13.5. The van der Waals surface area contributed by atoms with E-state index in [9.17, 15) is 4.79 Å². The third-order valence-electron chi connectivity index (χ3n) is 3.72. The average molecular weight is 334 g/mol. The van der Waals surface area contributed by atoms with Gasteiger partial charge >= 0.3 is 0 Å². The summed E-state index contributed by atoms with van der Waals surface area (Å²) in [5, 5.41) is 6.94. The Bertz CT molecular complexity index is 977. The molecule has 4 rings (SSSR count). The SMILES string of the molecule is O=C(NCc1cccnc1)c1nc2ccccn2c1-c1ccsc1. The van der Waals surface area contributed by atoms with Crippen LogP contribution in [0.2, 0.25) is 0 Å². The van der Waals surface area contributed by atoms with Gasteiger partial charge in [-0.1, -0.05) is 12.1 Å². The summed E-state index contributed by atoms with van der Waals surface area (Å²) in [6, 6.07) is 11.5. The Labute approximate surface area is 142 Å². The number of fused-ring (bicyclic) bond motifs is 1. The second kappa shape index (κ2) is 6.25. The van der Waals surface area contributed by atoms with Gasteiger partial charge < -0.3 is 5.32 Å².